The van der Waals surface area contributed by atoms with Crippen LogP contribution >= 0.6 is 24.0 Å². The Labute approximate surface area is 158 Å². The van der Waals surface area contributed by atoms with E-state index in [1.807, 2.05) is 10.6 Å². The Balaban J connectivity index is 0.00000169. The summed E-state index contributed by atoms with van der Waals surface area (Å²) in [7, 11) is 0. The van der Waals surface area contributed by atoms with E-state index in [0.717, 1.165) is 37.5 Å². The number of rotatable bonds is 4. The van der Waals surface area contributed by atoms with Crippen molar-refractivity contribution in [3.63, 3.8) is 0 Å². The molecule has 3 heterocycles. The van der Waals surface area contributed by atoms with Gasteiger partial charge in [-0.05, 0) is 31.6 Å². The first-order valence-electron chi connectivity index (χ1n) is 8.25. The highest BCUT2D eigenvalue weighted by atomic mass is 127. The summed E-state index contributed by atoms with van der Waals surface area (Å²) in [4.78, 5) is 11.3. The van der Waals surface area contributed by atoms with E-state index in [4.69, 9.17) is 5.73 Å². The Morgan fingerprint density at radius 3 is 3.08 bits per heavy atom. The van der Waals surface area contributed by atoms with Gasteiger partial charge in [-0.15, -0.1) is 34.2 Å². The number of hydrogen-bond donors (Lipinski definition) is 2. The number of aromatic nitrogens is 4. The molecule has 1 aliphatic carbocycles. The first kappa shape index (κ1) is 17.2. The molecule has 2 fully saturated rings. The maximum atomic E-state index is 5.93. The van der Waals surface area contributed by atoms with Gasteiger partial charge in [0.1, 0.15) is 6.33 Å². The molecule has 1 atom stereocenters. The van der Waals surface area contributed by atoms with Crippen molar-refractivity contribution in [1.29, 1.82) is 0 Å². The Kier molecular flexibility index (Phi) is 5.36. The normalized spacial score (nSPS) is 21.6. The molecule has 1 unspecified atom stereocenters. The lowest BCUT2D eigenvalue weighted by molar-refractivity contribution is 0.422. The molecule has 0 radical (unpaired) electrons. The van der Waals surface area contributed by atoms with E-state index in [1.54, 1.807) is 12.5 Å². The van der Waals surface area contributed by atoms with Crippen LogP contribution in [0.5, 0.6) is 0 Å². The van der Waals surface area contributed by atoms with Crippen molar-refractivity contribution in [1.82, 2.24) is 24.9 Å². The molecule has 1 saturated heterocycles. The minimum absolute atomic E-state index is 0. The Hall–Kier alpha value is -1.65. The lowest BCUT2D eigenvalue weighted by atomic mass is 9.98. The summed E-state index contributed by atoms with van der Waals surface area (Å²) in [5, 5.41) is 11.4. The summed E-state index contributed by atoms with van der Waals surface area (Å²) in [6, 6.07) is 0.552. The highest BCUT2D eigenvalue weighted by molar-refractivity contribution is 14.0. The fourth-order valence-electron chi connectivity index (χ4n) is 3.08. The van der Waals surface area contributed by atoms with Crippen LogP contribution in [0.3, 0.4) is 0 Å². The molecule has 2 aliphatic rings. The third-order valence-corrected chi connectivity index (χ3v) is 4.46. The summed E-state index contributed by atoms with van der Waals surface area (Å²) >= 11 is 0. The second-order valence-electron chi connectivity index (χ2n) is 6.41. The largest absolute Gasteiger partial charge is 0.370 e. The summed E-state index contributed by atoms with van der Waals surface area (Å²) in [5.41, 5.74) is 6.74. The first-order valence-corrected chi connectivity index (χ1v) is 8.25. The number of aliphatic imine (C=N–C) groups is 1. The van der Waals surface area contributed by atoms with Crippen LogP contribution in [0.15, 0.2) is 23.7 Å². The maximum Gasteiger partial charge on any atom is 0.203 e. The second-order valence-corrected chi connectivity index (χ2v) is 6.41. The number of piperidine rings is 1. The molecule has 9 heteroatoms. The van der Waals surface area contributed by atoms with Crippen LogP contribution in [0.25, 0.3) is 5.65 Å². The lowest BCUT2D eigenvalue weighted by Gasteiger charge is -2.32. The van der Waals surface area contributed by atoms with E-state index in [1.165, 1.54) is 19.3 Å². The van der Waals surface area contributed by atoms with Crippen LogP contribution < -0.4 is 16.0 Å². The van der Waals surface area contributed by atoms with Gasteiger partial charge in [-0.25, -0.2) is 4.98 Å². The van der Waals surface area contributed by atoms with Gasteiger partial charge >= 0.3 is 0 Å². The highest BCUT2D eigenvalue weighted by Crippen LogP contribution is 2.24. The first-order chi connectivity index (χ1) is 11.3. The molecule has 0 spiro atoms. The zero-order chi connectivity index (χ0) is 15.6. The molecule has 0 aromatic carbocycles. The average Bonchev–Trinajstić information content (AvgIpc) is 3.25. The zero-order valence-electron chi connectivity index (χ0n) is 13.5. The van der Waals surface area contributed by atoms with E-state index < -0.39 is 0 Å². The van der Waals surface area contributed by atoms with Gasteiger partial charge < -0.3 is 16.0 Å². The number of anilines is 1. The molecule has 2 aromatic heterocycles. The van der Waals surface area contributed by atoms with Crippen LogP contribution in [-0.2, 0) is 0 Å². The van der Waals surface area contributed by atoms with Crippen molar-refractivity contribution in [3.8, 4) is 0 Å². The maximum absolute atomic E-state index is 5.93. The number of guanidine groups is 1. The minimum Gasteiger partial charge on any atom is -0.370 e. The van der Waals surface area contributed by atoms with E-state index in [-0.39, 0.29) is 24.0 Å². The molecule has 2 aromatic rings. The summed E-state index contributed by atoms with van der Waals surface area (Å²) < 4.78 is 1.90. The predicted octanol–water partition coefficient (Wildman–Crippen LogP) is 1.03. The molecule has 0 bridgehead atoms. The molecule has 0 amide bonds. The van der Waals surface area contributed by atoms with E-state index in [2.05, 4.69) is 30.4 Å². The van der Waals surface area contributed by atoms with Crippen LogP contribution in [0.4, 0.5) is 5.82 Å². The van der Waals surface area contributed by atoms with Gasteiger partial charge in [0, 0.05) is 38.1 Å². The van der Waals surface area contributed by atoms with Gasteiger partial charge in [-0.3, -0.25) is 9.39 Å². The Morgan fingerprint density at radius 2 is 2.25 bits per heavy atom. The topological polar surface area (TPSA) is 96.7 Å². The van der Waals surface area contributed by atoms with Gasteiger partial charge in [0.15, 0.2) is 11.8 Å². The van der Waals surface area contributed by atoms with Gasteiger partial charge in [-0.2, -0.15) is 0 Å². The zero-order valence-corrected chi connectivity index (χ0v) is 15.8. The molecule has 1 aliphatic heterocycles. The number of nitrogens with zero attached hydrogens (tertiary/aromatic N) is 6. The molecular weight excluding hydrogens is 419 g/mol. The number of nitrogens with one attached hydrogen (secondary N) is 1. The minimum atomic E-state index is 0. The standard InChI is InChI=1S/C15H22N8.HI/c16-15(20-12-3-4-12)18-8-11-2-1-6-22(9-11)13-14-21-19-10-23(14)7-5-17-13;/h5,7,10-12H,1-4,6,8-9H2,(H3,16,18,20);1H. The quantitative estimate of drug-likeness (QED) is 0.417. The second kappa shape index (κ2) is 7.49. The Morgan fingerprint density at radius 1 is 1.38 bits per heavy atom. The molecule has 8 nitrogen and oxygen atoms in total. The summed E-state index contributed by atoms with van der Waals surface area (Å²) in [6.45, 7) is 2.69. The van der Waals surface area contributed by atoms with Gasteiger partial charge in [-0.1, -0.05) is 0 Å². The predicted molar refractivity (Wildman–Crippen MR) is 104 cm³/mol. The number of fused-ring (bicyclic) bond motifs is 1. The van der Waals surface area contributed by atoms with Crippen molar-refractivity contribution in [2.75, 3.05) is 24.5 Å². The van der Waals surface area contributed by atoms with Crippen molar-refractivity contribution < 1.29 is 0 Å². The molecule has 3 N–H and O–H groups in total. The fraction of sp³-hybridized carbons (Fsp3) is 0.600. The molecule has 1 saturated carbocycles. The fourth-order valence-corrected chi connectivity index (χ4v) is 3.08. The summed E-state index contributed by atoms with van der Waals surface area (Å²) in [6.07, 6.45) is 10.1. The van der Waals surface area contributed by atoms with E-state index >= 15 is 0 Å². The lowest BCUT2D eigenvalue weighted by Crippen LogP contribution is -2.38. The number of halogens is 1. The molecular formula is C15H23IN8. The monoisotopic (exact) mass is 442 g/mol. The molecule has 4 rings (SSSR count). The molecule has 130 valence electrons. The van der Waals surface area contributed by atoms with Crippen molar-refractivity contribution in [2.45, 2.75) is 31.7 Å². The van der Waals surface area contributed by atoms with Crippen LogP contribution in [0.1, 0.15) is 25.7 Å². The van der Waals surface area contributed by atoms with Crippen LogP contribution in [0.2, 0.25) is 0 Å². The third kappa shape index (κ3) is 3.87. The number of nitrogens with two attached hydrogens (primary N) is 1. The van der Waals surface area contributed by atoms with Crippen LogP contribution in [0, 0.1) is 5.92 Å². The van der Waals surface area contributed by atoms with Gasteiger partial charge in [0.2, 0.25) is 5.65 Å². The van der Waals surface area contributed by atoms with Crippen molar-refractivity contribution in [2.24, 2.45) is 16.6 Å². The average molecular weight is 442 g/mol. The highest BCUT2D eigenvalue weighted by Gasteiger charge is 2.24. The van der Waals surface area contributed by atoms with Gasteiger partial charge in [0.05, 0.1) is 0 Å². The van der Waals surface area contributed by atoms with Crippen LogP contribution in [-0.4, -0.2) is 51.2 Å². The smallest absolute Gasteiger partial charge is 0.203 e. The van der Waals surface area contributed by atoms with Gasteiger partial charge in [0.25, 0.3) is 0 Å². The van der Waals surface area contributed by atoms with E-state index in [9.17, 15) is 0 Å². The van der Waals surface area contributed by atoms with E-state index in [0.29, 0.717) is 17.9 Å². The summed E-state index contributed by atoms with van der Waals surface area (Å²) in [5.74, 6) is 1.98. The Bertz CT molecular complexity index is 710. The van der Waals surface area contributed by atoms with Crippen molar-refractivity contribution >= 4 is 41.4 Å². The third-order valence-electron chi connectivity index (χ3n) is 4.46. The van der Waals surface area contributed by atoms with Crippen molar-refractivity contribution in [3.05, 3.63) is 18.7 Å². The molecule has 24 heavy (non-hydrogen) atoms. The number of hydrogen-bond acceptors (Lipinski definition) is 5. The SMILES string of the molecule is I.NC(=NCC1CCCN(c2nccn3cnnc23)C1)NC1CC1.